The summed E-state index contributed by atoms with van der Waals surface area (Å²) in [6, 6.07) is 2.79. The number of methoxy groups -OCH3 is 1. The SMILES string of the molecule is C=CCN(C#CCC(C=C)O[Si](C)(C)C(C)(C)C)C(=O)OC. The third-order valence-corrected chi connectivity index (χ3v) is 8.24. The standard InChI is InChI=1S/C17H29NO3Si/c1-9-13-18(16(19)20-6)14-11-12-15(10-2)21-22(7,8)17(3,4)5/h9-10,15H,1-2,12-13H2,3-8H3. The van der Waals surface area contributed by atoms with Gasteiger partial charge in [-0.15, -0.1) is 13.2 Å². The van der Waals surface area contributed by atoms with E-state index in [1.54, 1.807) is 12.2 Å². The molecule has 0 aromatic rings. The zero-order valence-corrected chi connectivity index (χ0v) is 15.7. The van der Waals surface area contributed by atoms with Crippen LogP contribution in [-0.2, 0) is 9.16 Å². The van der Waals surface area contributed by atoms with Crippen molar-refractivity contribution in [2.75, 3.05) is 13.7 Å². The number of ether oxygens (including phenoxy) is 1. The summed E-state index contributed by atoms with van der Waals surface area (Å²) < 4.78 is 10.9. The molecular formula is C17H29NO3Si. The second-order valence-corrected chi connectivity index (χ2v) is 11.3. The third-order valence-electron chi connectivity index (χ3n) is 3.74. The highest BCUT2D eigenvalue weighted by Crippen LogP contribution is 2.37. The van der Waals surface area contributed by atoms with Crippen molar-refractivity contribution in [1.29, 1.82) is 0 Å². The van der Waals surface area contributed by atoms with Crippen LogP contribution >= 0.6 is 0 Å². The van der Waals surface area contributed by atoms with E-state index in [0.717, 1.165) is 0 Å². The minimum absolute atomic E-state index is 0.128. The van der Waals surface area contributed by atoms with Crippen LogP contribution in [0.5, 0.6) is 0 Å². The summed E-state index contributed by atoms with van der Waals surface area (Å²) in [5.74, 6) is 2.96. The molecule has 0 saturated heterocycles. The van der Waals surface area contributed by atoms with Crippen molar-refractivity contribution >= 4 is 14.4 Å². The van der Waals surface area contributed by atoms with E-state index >= 15 is 0 Å². The Morgan fingerprint density at radius 1 is 1.36 bits per heavy atom. The minimum atomic E-state index is -1.87. The number of nitrogens with zero attached hydrogens (tertiary/aromatic N) is 1. The maximum absolute atomic E-state index is 11.5. The van der Waals surface area contributed by atoms with Gasteiger partial charge in [-0.1, -0.05) is 38.8 Å². The van der Waals surface area contributed by atoms with E-state index in [0.29, 0.717) is 13.0 Å². The lowest BCUT2D eigenvalue weighted by molar-refractivity contribution is 0.146. The van der Waals surface area contributed by atoms with E-state index in [4.69, 9.17) is 4.43 Å². The topological polar surface area (TPSA) is 38.8 Å². The molecule has 5 heteroatoms. The smallest absolute Gasteiger partial charge is 0.421 e. The zero-order valence-electron chi connectivity index (χ0n) is 14.7. The molecule has 0 saturated carbocycles. The minimum Gasteiger partial charge on any atom is -0.452 e. The summed E-state index contributed by atoms with van der Waals surface area (Å²) in [5, 5.41) is 0.128. The van der Waals surface area contributed by atoms with Crippen LogP contribution in [0.15, 0.2) is 25.3 Å². The molecule has 1 amide bonds. The van der Waals surface area contributed by atoms with Gasteiger partial charge in [0, 0.05) is 12.5 Å². The molecule has 0 aromatic carbocycles. The predicted molar refractivity (Wildman–Crippen MR) is 94.0 cm³/mol. The van der Waals surface area contributed by atoms with Crippen molar-refractivity contribution in [2.45, 2.75) is 51.4 Å². The fourth-order valence-corrected chi connectivity index (χ4v) is 2.67. The monoisotopic (exact) mass is 323 g/mol. The summed E-state index contributed by atoms with van der Waals surface area (Å²) in [4.78, 5) is 12.8. The molecule has 0 aliphatic heterocycles. The van der Waals surface area contributed by atoms with Crippen LogP contribution in [0, 0.1) is 12.0 Å². The molecule has 0 aliphatic rings. The van der Waals surface area contributed by atoms with E-state index in [1.807, 2.05) is 0 Å². The van der Waals surface area contributed by atoms with Gasteiger partial charge in [0.05, 0.1) is 19.8 Å². The molecule has 0 bridgehead atoms. The van der Waals surface area contributed by atoms with Crippen molar-refractivity contribution in [1.82, 2.24) is 4.90 Å². The summed E-state index contributed by atoms with van der Waals surface area (Å²) in [6.45, 7) is 18.7. The molecule has 0 fully saturated rings. The highest BCUT2D eigenvalue weighted by atomic mass is 28.4. The molecule has 0 aliphatic carbocycles. The number of carbonyl (C=O) groups excluding carboxylic acids is 1. The highest BCUT2D eigenvalue weighted by Gasteiger charge is 2.38. The van der Waals surface area contributed by atoms with E-state index in [1.165, 1.54) is 12.0 Å². The van der Waals surface area contributed by atoms with E-state index in [2.05, 4.69) is 63.7 Å². The first-order valence-corrected chi connectivity index (χ1v) is 10.2. The zero-order chi connectivity index (χ0) is 17.4. The van der Waals surface area contributed by atoms with Crippen molar-refractivity contribution < 1.29 is 14.0 Å². The molecule has 4 nitrogen and oxygen atoms in total. The van der Waals surface area contributed by atoms with Gasteiger partial charge in [-0.05, 0) is 18.1 Å². The van der Waals surface area contributed by atoms with Gasteiger partial charge in [0.25, 0.3) is 0 Å². The van der Waals surface area contributed by atoms with Crippen molar-refractivity contribution in [3.05, 3.63) is 25.3 Å². The first-order chi connectivity index (χ1) is 10.1. The second kappa shape index (κ2) is 8.81. The molecule has 0 N–H and O–H groups in total. The molecule has 0 heterocycles. The first-order valence-electron chi connectivity index (χ1n) is 7.34. The lowest BCUT2D eigenvalue weighted by atomic mass is 10.2. The Morgan fingerprint density at radius 2 is 1.95 bits per heavy atom. The number of hydrogen-bond donors (Lipinski definition) is 0. The van der Waals surface area contributed by atoms with E-state index in [-0.39, 0.29) is 11.1 Å². The number of rotatable bonds is 6. The Balaban J connectivity index is 4.85. The molecule has 124 valence electrons. The molecular weight excluding hydrogens is 294 g/mol. The average Bonchev–Trinajstić information content (AvgIpc) is 2.42. The van der Waals surface area contributed by atoms with Crippen LogP contribution in [-0.4, -0.2) is 39.1 Å². The number of hydrogen-bond acceptors (Lipinski definition) is 3. The normalized spacial score (nSPS) is 12.6. The quantitative estimate of drug-likeness (QED) is 0.319. The largest absolute Gasteiger partial charge is 0.452 e. The van der Waals surface area contributed by atoms with Crippen LogP contribution in [0.3, 0.4) is 0 Å². The van der Waals surface area contributed by atoms with Crippen LogP contribution < -0.4 is 0 Å². The number of carbonyl (C=O) groups is 1. The van der Waals surface area contributed by atoms with Gasteiger partial charge in [-0.2, -0.15) is 0 Å². The molecule has 0 radical (unpaired) electrons. The summed E-state index contributed by atoms with van der Waals surface area (Å²) in [7, 11) is -0.544. The Kier molecular flexibility index (Phi) is 8.21. The molecule has 1 atom stereocenters. The molecule has 1 unspecified atom stereocenters. The molecule has 0 spiro atoms. The maximum Gasteiger partial charge on any atom is 0.421 e. The summed E-state index contributed by atoms with van der Waals surface area (Å²) in [6.07, 6.45) is 3.22. The van der Waals surface area contributed by atoms with Crippen LogP contribution in [0.2, 0.25) is 18.1 Å². The summed E-state index contributed by atoms with van der Waals surface area (Å²) in [5.41, 5.74) is 0. The maximum atomic E-state index is 11.5. The van der Waals surface area contributed by atoms with Gasteiger partial charge in [0.1, 0.15) is 0 Å². The van der Waals surface area contributed by atoms with Gasteiger partial charge in [-0.25, -0.2) is 9.69 Å². The lowest BCUT2D eigenvalue weighted by Gasteiger charge is -2.38. The van der Waals surface area contributed by atoms with Gasteiger partial charge in [-0.3, -0.25) is 0 Å². The van der Waals surface area contributed by atoms with Gasteiger partial charge in [0.15, 0.2) is 8.32 Å². The van der Waals surface area contributed by atoms with Crippen molar-refractivity contribution in [3.8, 4) is 12.0 Å². The molecule has 0 aromatic heterocycles. The second-order valence-electron chi connectivity index (χ2n) is 6.51. The Hall–Kier alpha value is -1.51. The fourth-order valence-electron chi connectivity index (χ4n) is 1.38. The summed E-state index contributed by atoms with van der Waals surface area (Å²) >= 11 is 0. The predicted octanol–water partition coefficient (Wildman–Crippen LogP) is 4.17. The van der Waals surface area contributed by atoms with Crippen LogP contribution in [0.25, 0.3) is 0 Å². The van der Waals surface area contributed by atoms with Crippen molar-refractivity contribution in [2.24, 2.45) is 0 Å². The Morgan fingerprint density at radius 3 is 2.36 bits per heavy atom. The Labute approximate surface area is 136 Å². The Bertz CT molecular complexity index is 455. The van der Waals surface area contributed by atoms with Gasteiger partial charge in [0.2, 0.25) is 0 Å². The van der Waals surface area contributed by atoms with Crippen LogP contribution in [0.1, 0.15) is 27.2 Å². The van der Waals surface area contributed by atoms with E-state index in [9.17, 15) is 4.79 Å². The third kappa shape index (κ3) is 6.50. The van der Waals surface area contributed by atoms with Crippen molar-refractivity contribution in [3.63, 3.8) is 0 Å². The average molecular weight is 324 g/mol. The highest BCUT2D eigenvalue weighted by molar-refractivity contribution is 6.74. The van der Waals surface area contributed by atoms with Gasteiger partial charge < -0.3 is 9.16 Å². The van der Waals surface area contributed by atoms with Crippen LogP contribution in [0.4, 0.5) is 4.79 Å². The fraction of sp³-hybridized carbons (Fsp3) is 0.588. The molecule has 22 heavy (non-hydrogen) atoms. The first kappa shape index (κ1) is 20.5. The van der Waals surface area contributed by atoms with Gasteiger partial charge >= 0.3 is 6.09 Å². The molecule has 0 rings (SSSR count). The lowest BCUT2D eigenvalue weighted by Crippen LogP contribution is -2.43. The number of amides is 1. The van der Waals surface area contributed by atoms with E-state index < -0.39 is 14.4 Å².